The fraction of sp³-hybridized carbons (Fsp3) is 0.300. The lowest BCUT2D eigenvalue weighted by Crippen LogP contribution is -2.53. The third kappa shape index (κ3) is 4.68. The molecule has 0 atom stereocenters. The molecule has 10 heteroatoms. The summed E-state index contributed by atoms with van der Waals surface area (Å²) < 4.78 is 36.8. The van der Waals surface area contributed by atoms with Crippen molar-refractivity contribution in [1.29, 1.82) is 0 Å². The van der Waals surface area contributed by atoms with Crippen LogP contribution in [0, 0.1) is 6.92 Å². The highest BCUT2D eigenvalue weighted by atomic mass is 35.5. The molecule has 0 saturated carbocycles. The van der Waals surface area contributed by atoms with E-state index in [9.17, 15) is 18.0 Å². The number of nitrogens with zero attached hydrogens (tertiary/aromatic N) is 2. The maximum absolute atomic E-state index is 13.5. The number of hydrogen-bond donors (Lipinski definition) is 0. The minimum atomic E-state index is -4.77. The van der Waals surface area contributed by atoms with Crippen molar-refractivity contribution >= 4 is 39.1 Å². The van der Waals surface area contributed by atoms with E-state index in [2.05, 4.69) is 10.2 Å². The highest BCUT2D eigenvalue weighted by Gasteiger charge is 2.62. The molecule has 30 heavy (non-hydrogen) atoms. The van der Waals surface area contributed by atoms with Gasteiger partial charge in [0.1, 0.15) is 0 Å². The van der Waals surface area contributed by atoms with E-state index in [0.717, 1.165) is 17.7 Å². The predicted octanol–water partition coefficient (Wildman–Crippen LogP) is 4.03. The van der Waals surface area contributed by atoms with Crippen LogP contribution in [-0.2, 0) is 28.9 Å². The van der Waals surface area contributed by atoms with E-state index in [1.807, 2.05) is 6.92 Å². The predicted molar refractivity (Wildman–Crippen MR) is 110 cm³/mol. The van der Waals surface area contributed by atoms with Gasteiger partial charge in [-0.05, 0) is 57.2 Å². The van der Waals surface area contributed by atoms with Crippen LogP contribution in [0.15, 0.2) is 63.7 Å². The second-order valence-corrected chi connectivity index (χ2v) is 8.58. The molecule has 0 amide bonds. The highest BCUT2D eigenvalue weighted by Crippen LogP contribution is 2.33. The molecule has 8 nitrogen and oxygen atoms in total. The Morgan fingerprint density at radius 3 is 1.90 bits per heavy atom. The lowest BCUT2D eigenvalue weighted by molar-refractivity contribution is -0.159. The number of aryl methyl sites for hydroxylation is 1. The monoisotopic (exact) mass is 452 g/mol. The van der Waals surface area contributed by atoms with Crippen LogP contribution in [0.5, 0.6) is 0 Å². The Bertz CT molecular complexity index is 1020. The zero-order valence-electron chi connectivity index (χ0n) is 16.7. The first-order valence-corrected chi connectivity index (χ1v) is 10.9. The molecule has 0 aliphatic rings. The van der Waals surface area contributed by atoms with Crippen molar-refractivity contribution in [3.05, 3.63) is 59.1 Å². The highest BCUT2D eigenvalue weighted by molar-refractivity contribution is 7.94. The second-order valence-electron chi connectivity index (χ2n) is 6.08. The van der Waals surface area contributed by atoms with Crippen LogP contribution >= 0.6 is 11.6 Å². The molecule has 2 rings (SSSR count). The summed E-state index contributed by atoms with van der Waals surface area (Å²) in [7, 11) is -4.77. The molecular formula is C20H21ClN2O6S. The Labute approximate surface area is 179 Å². The number of carbonyl (C=O) groups excluding carboxylic acids is 2. The Kier molecular flexibility index (Phi) is 7.69. The van der Waals surface area contributed by atoms with Crippen molar-refractivity contribution in [3.8, 4) is 0 Å². The average Bonchev–Trinajstić information content (AvgIpc) is 2.70. The van der Waals surface area contributed by atoms with Gasteiger partial charge in [-0.3, -0.25) is 0 Å². The van der Waals surface area contributed by atoms with Gasteiger partial charge in [0.15, 0.2) is 0 Å². The number of halogens is 1. The van der Waals surface area contributed by atoms with E-state index in [4.69, 9.17) is 21.1 Å². The standard InChI is InChI=1S/C20H21ClN2O6S/c1-4-28-18(24)20(19(25)29-5-2,23-22-16-10-6-14(3)7-11-16)30(26,27)17-12-8-15(21)9-13-17/h6-13H,4-5H2,1-3H3. The quantitative estimate of drug-likeness (QED) is 0.339. The van der Waals surface area contributed by atoms with E-state index in [1.165, 1.54) is 26.0 Å². The summed E-state index contributed by atoms with van der Waals surface area (Å²) in [4.78, 5) is 22.3. The van der Waals surface area contributed by atoms with Crippen LogP contribution in [0.2, 0.25) is 5.02 Å². The Morgan fingerprint density at radius 1 is 0.933 bits per heavy atom. The molecule has 0 aliphatic carbocycles. The third-order valence-corrected chi connectivity index (χ3v) is 6.29. The van der Waals surface area contributed by atoms with Crippen molar-refractivity contribution in [2.75, 3.05) is 13.2 Å². The number of esters is 2. The number of ether oxygens (including phenoxy) is 2. The summed E-state index contributed by atoms with van der Waals surface area (Å²) in [5.41, 5.74) is 1.18. The number of carbonyl (C=O) groups is 2. The summed E-state index contributed by atoms with van der Waals surface area (Å²) >= 11 is 5.83. The van der Waals surface area contributed by atoms with E-state index in [1.54, 1.807) is 24.3 Å². The van der Waals surface area contributed by atoms with Gasteiger partial charge < -0.3 is 9.47 Å². The summed E-state index contributed by atoms with van der Waals surface area (Å²) in [6.45, 7) is 4.43. The number of rotatable bonds is 8. The molecular weight excluding hydrogens is 432 g/mol. The minimum Gasteiger partial charge on any atom is -0.463 e. The van der Waals surface area contributed by atoms with Crippen LogP contribution in [0.1, 0.15) is 19.4 Å². The van der Waals surface area contributed by atoms with Gasteiger partial charge in [-0.15, -0.1) is 5.11 Å². The van der Waals surface area contributed by atoms with Crippen molar-refractivity contribution < 1.29 is 27.5 Å². The first kappa shape index (κ1) is 23.5. The largest absolute Gasteiger partial charge is 0.463 e. The van der Waals surface area contributed by atoms with Crippen LogP contribution in [-0.4, -0.2) is 38.4 Å². The number of azo groups is 1. The molecule has 2 aromatic rings. The Hall–Kier alpha value is -2.78. The molecule has 0 aliphatic heterocycles. The third-order valence-electron chi connectivity index (χ3n) is 3.96. The van der Waals surface area contributed by atoms with E-state index < -0.39 is 26.6 Å². The topological polar surface area (TPSA) is 111 Å². The van der Waals surface area contributed by atoms with Crippen molar-refractivity contribution in [1.82, 2.24) is 0 Å². The second kappa shape index (κ2) is 9.82. The molecule has 0 saturated heterocycles. The van der Waals surface area contributed by atoms with E-state index >= 15 is 0 Å². The lowest BCUT2D eigenvalue weighted by atomic mass is 10.2. The van der Waals surface area contributed by atoms with Crippen molar-refractivity contribution in [2.24, 2.45) is 10.2 Å². The molecule has 0 radical (unpaired) electrons. The molecule has 0 unspecified atom stereocenters. The number of benzene rings is 2. The summed E-state index contributed by atoms with van der Waals surface area (Å²) in [5.74, 6) is -2.82. The minimum absolute atomic E-state index is 0.184. The molecule has 0 spiro atoms. The van der Waals surface area contributed by atoms with E-state index in [-0.39, 0.29) is 28.8 Å². The zero-order valence-corrected chi connectivity index (χ0v) is 18.2. The number of sulfone groups is 1. The Balaban J connectivity index is 2.75. The molecule has 0 bridgehead atoms. The Morgan fingerprint density at radius 2 is 1.43 bits per heavy atom. The fourth-order valence-electron chi connectivity index (χ4n) is 2.42. The van der Waals surface area contributed by atoms with Crippen LogP contribution in [0.25, 0.3) is 0 Å². The molecule has 0 aromatic heterocycles. The van der Waals surface area contributed by atoms with Gasteiger partial charge >= 0.3 is 16.8 Å². The van der Waals surface area contributed by atoms with Crippen molar-refractivity contribution in [2.45, 2.75) is 30.5 Å². The molecule has 160 valence electrons. The SMILES string of the molecule is CCOC(=O)C(N=Nc1ccc(C)cc1)(C(=O)OCC)S(=O)(=O)c1ccc(Cl)cc1. The van der Waals surface area contributed by atoms with Gasteiger partial charge in [0.2, 0.25) is 9.84 Å². The normalized spacial score (nSPS) is 12.0. The van der Waals surface area contributed by atoms with Gasteiger partial charge in [0.25, 0.3) is 0 Å². The van der Waals surface area contributed by atoms with Gasteiger partial charge in [0, 0.05) is 5.02 Å². The van der Waals surface area contributed by atoms with Gasteiger partial charge in [0.05, 0.1) is 23.8 Å². The smallest absolute Gasteiger partial charge is 0.377 e. The van der Waals surface area contributed by atoms with Gasteiger partial charge in [-0.1, -0.05) is 29.3 Å². The summed E-state index contributed by atoms with van der Waals surface area (Å²) in [6, 6.07) is 11.5. The first-order valence-electron chi connectivity index (χ1n) is 9.03. The molecule has 0 N–H and O–H groups in total. The van der Waals surface area contributed by atoms with Gasteiger partial charge in [-0.25, -0.2) is 18.0 Å². The van der Waals surface area contributed by atoms with Crippen molar-refractivity contribution in [3.63, 3.8) is 0 Å². The first-order chi connectivity index (χ1) is 14.2. The lowest BCUT2D eigenvalue weighted by Gasteiger charge is -2.24. The summed E-state index contributed by atoms with van der Waals surface area (Å²) in [6.07, 6.45) is 0. The summed E-state index contributed by atoms with van der Waals surface area (Å²) in [5, 5.41) is 7.84. The van der Waals surface area contributed by atoms with E-state index in [0.29, 0.717) is 0 Å². The maximum atomic E-state index is 13.5. The molecule has 2 aromatic carbocycles. The van der Waals surface area contributed by atoms with Crippen LogP contribution in [0.4, 0.5) is 5.69 Å². The molecule has 0 heterocycles. The fourth-order valence-corrected chi connectivity index (χ4v) is 4.09. The number of hydrogen-bond acceptors (Lipinski definition) is 8. The molecule has 0 fully saturated rings. The van der Waals surface area contributed by atoms with Crippen LogP contribution < -0.4 is 0 Å². The zero-order chi connectivity index (χ0) is 22.4. The maximum Gasteiger partial charge on any atom is 0.377 e. The average molecular weight is 453 g/mol. The van der Waals surface area contributed by atoms with Gasteiger partial charge in [-0.2, -0.15) is 5.11 Å². The van der Waals surface area contributed by atoms with Crippen LogP contribution in [0.3, 0.4) is 0 Å².